The number of ether oxygens (including phenoxy) is 1. The summed E-state index contributed by atoms with van der Waals surface area (Å²) in [6, 6.07) is 7.65. The lowest BCUT2D eigenvalue weighted by molar-refractivity contribution is -0.116. The van der Waals surface area contributed by atoms with E-state index in [0.29, 0.717) is 27.9 Å². The van der Waals surface area contributed by atoms with E-state index in [1.165, 1.54) is 6.20 Å². The first kappa shape index (κ1) is 15.9. The van der Waals surface area contributed by atoms with Crippen LogP contribution in [0.25, 0.3) is 0 Å². The van der Waals surface area contributed by atoms with Crippen LogP contribution < -0.4 is 10.1 Å². The van der Waals surface area contributed by atoms with Gasteiger partial charge in [0.25, 0.3) is 0 Å². The molecule has 0 bridgehead atoms. The summed E-state index contributed by atoms with van der Waals surface area (Å²) in [6.07, 6.45) is 2.55. The number of hydrogen-bond acceptors (Lipinski definition) is 4. The van der Waals surface area contributed by atoms with E-state index < -0.39 is 0 Å². The van der Waals surface area contributed by atoms with Crippen molar-refractivity contribution in [2.24, 2.45) is 0 Å². The first-order valence-corrected chi connectivity index (χ1v) is 7.78. The topological polar surface area (TPSA) is 64.1 Å². The highest BCUT2D eigenvalue weighted by molar-refractivity contribution is 9.11. The van der Waals surface area contributed by atoms with Crippen LogP contribution in [-0.4, -0.2) is 23.0 Å². The molecule has 21 heavy (non-hydrogen) atoms. The van der Waals surface area contributed by atoms with Crippen LogP contribution in [0.4, 0.5) is 5.82 Å². The average Bonchev–Trinajstić information content (AvgIpc) is 2.48. The van der Waals surface area contributed by atoms with Crippen molar-refractivity contribution in [2.45, 2.75) is 12.8 Å². The van der Waals surface area contributed by atoms with Gasteiger partial charge in [0, 0.05) is 6.42 Å². The normalized spacial score (nSPS) is 10.2. The molecule has 0 aliphatic heterocycles. The van der Waals surface area contributed by atoms with Gasteiger partial charge in [0.05, 0.1) is 13.3 Å². The van der Waals surface area contributed by atoms with Crippen molar-refractivity contribution in [2.75, 3.05) is 12.4 Å². The molecule has 1 aromatic carbocycles. The Kier molecular flexibility index (Phi) is 5.69. The number of methoxy groups -OCH3 is 1. The zero-order valence-corrected chi connectivity index (χ0v) is 14.4. The molecule has 110 valence electrons. The lowest BCUT2D eigenvalue weighted by Crippen LogP contribution is -2.14. The zero-order valence-electron chi connectivity index (χ0n) is 11.3. The molecule has 1 heterocycles. The van der Waals surface area contributed by atoms with Crippen LogP contribution in [0.1, 0.15) is 12.0 Å². The Morgan fingerprint density at radius 1 is 1.29 bits per heavy atom. The molecule has 7 heteroatoms. The molecular weight excluding hydrogens is 402 g/mol. The summed E-state index contributed by atoms with van der Waals surface area (Å²) in [6.45, 7) is 0. The SMILES string of the molecule is COc1ccc(CCC(=O)Nc2ncc(Br)nc2Br)cc1. The number of carbonyl (C=O) groups excluding carboxylic acids is 1. The lowest BCUT2D eigenvalue weighted by atomic mass is 10.1. The molecule has 0 unspecified atom stereocenters. The third-order valence-corrected chi connectivity index (χ3v) is 3.69. The van der Waals surface area contributed by atoms with Crippen molar-refractivity contribution in [3.63, 3.8) is 0 Å². The number of nitrogens with one attached hydrogen (secondary N) is 1. The molecule has 0 aliphatic rings. The maximum absolute atomic E-state index is 11.9. The standard InChI is InChI=1S/C14H13Br2N3O2/c1-21-10-5-2-9(3-6-10)4-7-12(20)19-14-13(16)18-11(15)8-17-14/h2-3,5-6,8H,4,7H2,1H3,(H,17,19,20). The molecule has 1 aromatic heterocycles. The van der Waals surface area contributed by atoms with Crippen molar-refractivity contribution < 1.29 is 9.53 Å². The summed E-state index contributed by atoms with van der Waals surface area (Å²) < 4.78 is 6.19. The predicted molar refractivity (Wildman–Crippen MR) is 87.4 cm³/mol. The number of hydrogen-bond donors (Lipinski definition) is 1. The van der Waals surface area contributed by atoms with Crippen molar-refractivity contribution in [1.82, 2.24) is 9.97 Å². The van der Waals surface area contributed by atoms with Gasteiger partial charge < -0.3 is 10.1 Å². The van der Waals surface area contributed by atoms with E-state index in [4.69, 9.17) is 4.74 Å². The Morgan fingerprint density at radius 2 is 2.00 bits per heavy atom. The minimum atomic E-state index is -0.108. The number of nitrogens with zero attached hydrogens (tertiary/aromatic N) is 2. The van der Waals surface area contributed by atoms with E-state index in [2.05, 4.69) is 47.1 Å². The van der Waals surface area contributed by atoms with Crippen molar-refractivity contribution in [3.8, 4) is 5.75 Å². The van der Waals surface area contributed by atoms with Gasteiger partial charge in [-0.1, -0.05) is 12.1 Å². The Hall–Kier alpha value is -1.47. The minimum absolute atomic E-state index is 0.108. The summed E-state index contributed by atoms with van der Waals surface area (Å²) in [5, 5.41) is 2.73. The third kappa shape index (κ3) is 4.78. The number of halogens is 2. The number of amides is 1. The molecule has 0 fully saturated rings. The van der Waals surface area contributed by atoms with Crippen LogP contribution >= 0.6 is 31.9 Å². The quantitative estimate of drug-likeness (QED) is 0.811. The number of anilines is 1. The second-order valence-corrected chi connectivity index (χ2v) is 5.79. The lowest BCUT2D eigenvalue weighted by Gasteiger charge is -2.06. The van der Waals surface area contributed by atoms with Gasteiger partial charge in [0.15, 0.2) is 5.82 Å². The van der Waals surface area contributed by atoms with Crippen LogP contribution in [0.15, 0.2) is 39.7 Å². The second-order valence-electron chi connectivity index (χ2n) is 4.23. The number of aromatic nitrogens is 2. The predicted octanol–water partition coefficient (Wildman–Crippen LogP) is 3.58. The van der Waals surface area contributed by atoms with Gasteiger partial charge in [-0.3, -0.25) is 4.79 Å². The Labute approximate surface area is 139 Å². The van der Waals surface area contributed by atoms with Crippen molar-refractivity contribution in [3.05, 3.63) is 45.2 Å². The van der Waals surface area contributed by atoms with Gasteiger partial charge in [-0.15, -0.1) is 0 Å². The summed E-state index contributed by atoms with van der Waals surface area (Å²) in [7, 11) is 1.62. The molecule has 0 atom stereocenters. The Bertz CT molecular complexity index is 633. The highest BCUT2D eigenvalue weighted by Crippen LogP contribution is 2.19. The van der Waals surface area contributed by atoms with E-state index in [-0.39, 0.29) is 5.91 Å². The van der Waals surface area contributed by atoms with E-state index in [0.717, 1.165) is 11.3 Å². The van der Waals surface area contributed by atoms with Crippen LogP contribution in [0.5, 0.6) is 5.75 Å². The zero-order chi connectivity index (χ0) is 15.2. The fraction of sp³-hybridized carbons (Fsp3) is 0.214. The van der Waals surface area contributed by atoms with E-state index in [1.54, 1.807) is 7.11 Å². The average molecular weight is 415 g/mol. The van der Waals surface area contributed by atoms with Crippen LogP contribution in [0.2, 0.25) is 0 Å². The highest BCUT2D eigenvalue weighted by atomic mass is 79.9. The fourth-order valence-corrected chi connectivity index (χ4v) is 2.59. The molecule has 0 spiro atoms. The van der Waals surface area contributed by atoms with E-state index in [9.17, 15) is 4.79 Å². The van der Waals surface area contributed by atoms with E-state index in [1.807, 2.05) is 24.3 Å². The second kappa shape index (κ2) is 7.51. The number of rotatable bonds is 5. The summed E-state index contributed by atoms with van der Waals surface area (Å²) in [4.78, 5) is 20.1. The molecule has 1 N–H and O–H groups in total. The molecule has 1 amide bonds. The largest absolute Gasteiger partial charge is 0.497 e. The highest BCUT2D eigenvalue weighted by Gasteiger charge is 2.08. The molecular formula is C14H13Br2N3O2. The molecule has 0 aliphatic carbocycles. The maximum atomic E-state index is 11.9. The monoisotopic (exact) mass is 413 g/mol. The molecule has 2 aromatic rings. The summed E-state index contributed by atoms with van der Waals surface area (Å²) in [5.74, 6) is 1.11. The van der Waals surface area contributed by atoms with Crippen molar-refractivity contribution >= 4 is 43.6 Å². The maximum Gasteiger partial charge on any atom is 0.225 e. The van der Waals surface area contributed by atoms with Gasteiger partial charge in [0.2, 0.25) is 5.91 Å². The number of benzene rings is 1. The van der Waals surface area contributed by atoms with Gasteiger partial charge >= 0.3 is 0 Å². The Morgan fingerprint density at radius 3 is 2.62 bits per heavy atom. The molecule has 2 rings (SSSR count). The third-order valence-electron chi connectivity index (χ3n) is 2.76. The Balaban J connectivity index is 1.89. The smallest absolute Gasteiger partial charge is 0.225 e. The molecule has 0 radical (unpaired) electrons. The minimum Gasteiger partial charge on any atom is -0.497 e. The van der Waals surface area contributed by atoms with Crippen LogP contribution in [-0.2, 0) is 11.2 Å². The molecule has 0 saturated heterocycles. The van der Waals surface area contributed by atoms with Gasteiger partial charge in [-0.2, -0.15) is 0 Å². The molecule has 0 saturated carbocycles. The first-order valence-electron chi connectivity index (χ1n) is 6.19. The summed E-state index contributed by atoms with van der Waals surface area (Å²) >= 11 is 6.46. The van der Waals surface area contributed by atoms with Crippen molar-refractivity contribution in [1.29, 1.82) is 0 Å². The summed E-state index contributed by atoms with van der Waals surface area (Å²) in [5.41, 5.74) is 1.08. The fourth-order valence-electron chi connectivity index (χ4n) is 1.68. The van der Waals surface area contributed by atoms with Crippen LogP contribution in [0, 0.1) is 0 Å². The molecule has 5 nitrogen and oxygen atoms in total. The van der Waals surface area contributed by atoms with Gasteiger partial charge in [0.1, 0.15) is 15.0 Å². The van der Waals surface area contributed by atoms with E-state index >= 15 is 0 Å². The van der Waals surface area contributed by atoms with Crippen LogP contribution in [0.3, 0.4) is 0 Å². The number of carbonyl (C=O) groups is 1. The first-order chi connectivity index (χ1) is 10.1. The van der Waals surface area contributed by atoms with Gasteiger partial charge in [-0.05, 0) is 56.0 Å². The number of aryl methyl sites for hydroxylation is 1. The van der Waals surface area contributed by atoms with Gasteiger partial charge in [-0.25, -0.2) is 9.97 Å².